The first-order valence-electron chi connectivity index (χ1n) is 11.1. The monoisotopic (exact) mass is 487 g/mol. The van der Waals surface area contributed by atoms with Gasteiger partial charge in [-0.2, -0.15) is 4.98 Å². The molecule has 3 aromatic carbocycles. The summed E-state index contributed by atoms with van der Waals surface area (Å²) in [6.45, 7) is 1.91. The lowest BCUT2D eigenvalue weighted by molar-refractivity contribution is -0.116. The first kappa shape index (κ1) is 24.0. The van der Waals surface area contributed by atoms with Gasteiger partial charge < -0.3 is 20.7 Å². The standard InChI is InChI=1S/C27H26ClN5O2/c1-18-16-25(30-21-11-13-24(35-2)14-12-21)33-27(29-18)32-23-9-7-22(8-10-23)31-26(34)15-6-19-4-3-5-20(28)17-19/h3-5,7-14,16-17H,6,15H2,1-2H3,(H,31,34)(H2,29,30,32,33). The molecule has 3 N–H and O–H groups in total. The van der Waals surface area contributed by atoms with Crippen LogP contribution in [0.4, 0.5) is 28.8 Å². The smallest absolute Gasteiger partial charge is 0.229 e. The maximum absolute atomic E-state index is 12.3. The van der Waals surface area contributed by atoms with E-state index in [1.54, 1.807) is 7.11 Å². The average Bonchev–Trinajstić information content (AvgIpc) is 2.84. The van der Waals surface area contributed by atoms with Crippen LogP contribution in [0.1, 0.15) is 17.7 Å². The summed E-state index contributed by atoms with van der Waals surface area (Å²) in [5, 5.41) is 10.1. The molecule has 0 bridgehead atoms. The Kier molecular flexibility index (Phi) is 7.80. The molecule has 35 heavy (non-hydrogen) atoms. The molecule has 0 aliphatic carbocycles. The number of ether oxygens (including phenoxy) is 1. The van der Waals surface area contributed by atoms with E-state index in [0.717, 1.165) is 34.1 Å². The largest absolute Gasteiger partial charge is 0.497 e. The van der Waals surface area contributed by atoms with E-state index in [2.05, 4.69) is 25.9 Å². The fourth-order valence-electron chi connectivity index (χ4n) is 3.45. The van der Waals surface area contributed by atoms with Crippen LogP contribution in [0, 0.1) is 6.92 Å². The number of nitrogens with zero attached hydrogens (tertiary/aromatic N) is 2. The first-order valence-corrected chi connectivity index (χ1v) is 11.5. The zero-order valence-corrected chi connectivity index (χ0v) is 20.3. The van der Waals surface area contributed by atoms with Gasteiger partial charge in [0.1, 0.15) is 11.6 Å². The number of methoxy groups -OCH3 is 1. The zero-order chi connectivity index (χ0) is 24.6. The van der Waals surface area contributed by atoms with Gasteiger partial charge in [0.2, 0.25) is 11.9 Å². The second-order valence-electron chi connectivity index (χ2n) is 7.95. The van der Waals surface area contributed by atoms with Gasteiger partial charge in [-0.25, -0.2) is 4.98 Å². The van der Waals surface area contributed by atoms with Crippen molar-refractivity contribution in [3.63, 3.8) is 0 Å². The molecular formula is C27H26ClN5O2. The Bertz CT molecular complexity index is 1290. The zero-order valence-electron chi connectivity index (χ0n) is 19.5. The van der Waals surface area contributed by atoms with Crippen molar-refractivity contribution in [2.45, 2.75) is 19.8 Å². The van der Waals surface area contributed by atoms with E-state index >= 15 is 0 Å². The Morgan fingerprint density at radius 2 is 1.57 bits per heavy atom. The topological polar surface area (TPSA) is 88.2 Å². The highest BCUT2D eigenvalue weighted by atomic mass is 35.5. The molecule has 8 heteroatoms. The molecule has 0 saturated carbocycles. The number of nitrogens with one attached hydrogen (secondary N) is 3. The molecule has 1 amide bonds. The molecule has 0 aliphatic heterocycles. The Labute approximate surface area is 209 Å². The molecule has 4 aromatic rings. The average molecular weight is 488 g/mol. The molecular weight excluding hydrogens is 462 g/mol. The second-order valence-corrected chi connectivity index (χ2v) is 8.39. The van der Waals surface area contributed by atoms with Crippen LogP contribution in [0.2, 0.25) is 5.02 Å². The van der Waals surface area contributed by atoms with Crippen LogP contribution < -0.4 is 20.7 Å². The molecule has 178 valence electrons. The van der Waals surface area contributed by atoms with Crippen LogP contribution in [0.15, 0.2) is 78.9 Å². The summed E-state index contributed by atoms with van der Waals surface area (Å²) in [5.74, 6) is 1.88. The molecule has 4 rings (SSSR count). The quantitative estimate of drug-likeness (QED) is 0.249. The number of halogens is 1. The van der Waals surface area contributed by atoms with E-state index in [0.29, 0.717) is 29.6 Å². The van der Waals surface area contributed by atoms with Crippen LogP contribution in [-0.4, -0.2) is 23.0 Å². The Hall–Kier alpha value is -4.10. The number of amides is 1. The van der Waals surface area contributed by atoms with Crippen molar-refractivity contribution in [1.82, 2.24) is 9.97 Å². The van der Waals surface area contributed by atoms with Gasteiger partial charge in [0, 0.05) is 40.3 Å². The van der Waals surface area contributed by atoms with Crippen molar-refractivity contribution in [2.24, 2.45) is 0 Å². The fraction of sp³-hybridized carbons (Fsp3) is 0.148. The van der Waals surface area contributed by atoms with Gasteiger partial charge in [0.25, 0.3) is 0 Å². The van der Waals surface area contributed by atoms with Crippen LogP contribution in [0.3, 0.4) is 0 Å². The Morgan fingerprint density at radius 3 is 2.29 bits per heavy atom. The van der Waals surface area contributed by atoms with Crippen LogP contribution in [0.5, 0.6) is 5.75 Å². The van der Waals surface area contributed by atoms with Gasteiger partial charge in [0.05, 0.1) is 7.11 Å². The number of aryl methyl sites for hydroxylation is 2. The lowest BCUT2D eigenvalue weighted by atomic mass is 10.1. The third kappa shape index (κ3) is 7.19. The van der Waals surface area contributed by atoms with Crippen LogP contribution in [-0.2, 0) is 11.2 Å². The van der Waals surface area contributed by atoms with Gasteiger partial charge in [-0.3, -0.25) is 4.79 Å². The Balaban J connectivity index is 1.34. The van der Waals surface area contributed by atoms with E-state index in [1.165, 1.54) is 0 Å². The van der Waals surface area contributed by atoms with Gasteiger partial charge in [-0.15, -0.1) is 0 Å². The number of hydrogen-bond donors (Lipinski definition) is 3. The second kappa shape index (κ2) is 11.4. The summed E-state index contributed by atoms with van der Waals surface area (Å²) in [7, 11) is 1.64. The van der Waals surface area contributed by atoms with Crippen molar-refractivity contribution < 1.29 is 9.53 Å². The van der Waals surface area contributed by atoms with Crippen molar-refractivity contribution in [2.75, 3.05) is 23.1 Å². The minimum absolute atomic E-state index is 0.0537. The molecule has 0 unspecified atom stereocenters. The van der Waals surface area contributed by atoms with Crippen molar-refractivity contribution >= 4 is 46.3 Å². The molecule has 1 heterocycles. The highest BCUT2D eigenvalue weighted by Gasteiger charge is 2.06. The summed E-state index contributed by atoms with van der Waals surface area (Å²) in [6.07, 6.45) is 1.01. The highest BCUT2D eigenvalue weighted by molar-refractivity contribution is 6.30. The number of rotatable bonds is 9. The van der Waals surface area contributed by atoms with Crippen LogP contribution >= 0.6 is 11.6 Å². The van der Waals surface area contributed by atoms with Crippen molar-refractivity contribution in [1.29, 1.82) is 0 Å². The summed E-state index contributed by atoms with van der Waals surface area (Å²) >= 11 is 6.00. The normalized spacial score (nSPS) is 10.5. The molecule has 0 radical (unpaired) electrons. The molecule has 0 spiro atoms. The maximum atomic E-state index is 12.3. The van der Waals surface area contributed by atoms with Crippen LogP contribution in [0.25, 0.3) is 0 Å². The van der Waals surface area contributed by atoms with Gasteiger partial charge in [-0.1, -0.05) is 23.7 Å². The van der Waals surface area contributed by atoms with Gasteiger partial charge in [-0.05, 0) is 79.6 Å². The van der Waals surface area contributed by atoms with E-state index < -0.39 is 0 Å². The molecule has 0 atom stereocenters. The third-order valence-electron chi connectivity index (χ3n) is 5.17. The highest BCUT2D eigenvalue weighted by Crippen LogP contribution is 2.22. The van der Waals surface area contributed by atoms with Crippen molar-refractivity contribution in [3.05, 3.63) is 95.1 Å². The lowest BCUT2D eigenvalue weighted by Crippen LogP contribution is -2.12. The van der Waals surface area contributed by atoms with Gasteiger partial charge in [0.15, 0.2) is 0 Å². The molecule has 0 saturated heterocycles. The number of anilines is 5. The minimum atomic E-state index is -0.0537. The SMILES string of the molecule is COc1ccc(Nc2cc(C)nc(Nc3ccc(NC(=O)CCc4cccc(Cl)c4)cc3)n2)cc1. The molecule has 0 aliphatic rings. The molecule has 1 aromatic heterocycles. The lowest BCUT2D eigenvalue weighted by Gasteiger charge is -2.11. The number of carbonyl (C=O) groups is 1. The summed E-state index contributed by atoms with van der Waals surface area (Å²) in [6, 6.07) is 24.4. The van der Waals surface area contributed by atoms with E-state index in [4.69, 9.17) is 16.3 Å². The van der Waals surface area contributed by atoms with Gasteiger partial charge >= 0.3 is 0 Å². The number of aromatic nitrogens is 2. The Morgan fingerprint density at radius 1 is 0.886 bits per heavy atom. The maximum Gasteiger partial charge on any atom is 0.229 e. The number of hydrogen-bond acceptors (Lipinski definition) is 6. The first-order chi connectivity index (χ1) is 17.0. The summed E-state index contributed by atoms with van der Waals surface area (Å²) < 4.78 is 5.20. The molecule has 7 nitrogen and oxygen atoms in total. The van der Waals surface area contributed by atoms with E-state index in [1.807, 2.05) is 85.8 Å². The van der Waals surface area contributed by atoms with E-state index in [-0.39, 0.29) is 5.91 Å². The number of carbonyl (C=O) groups excluding carboxylic acids is 1. The minimum Gasteiger partial charge on any atom is -0.497 e. The van der Waals surface area contributed by atoms with Crippen molar-refractivity contribution in [3.8, 4) is 5.75 Å². The third-order valence-corrected chi connectivity index (χ3v) is 5.41. The number of benzene rings is 3. The molecule has 0 fully saturated rings. The summed E-state index contributed by atoms with van der Waals surface area (Å²) in [5.41, 5.74) is 4.28. The fourth-order valence-corrected chi connectivity index (χ4v) is 3.66. The predicted octanol–water partition coefficient (Wildman–Crippen LogP) is 6.51. The summed E-state index contributed by atoms with van der Waals surface area (Å²) in [4.78, 5) is 21.3. The van der Waals surface area contributed by atoms with E-state index in [9.17, 15) is 4.79 Å². The predicted molar refractivity (Wildman–Crippen MR) is 141 cm³/mol.